The molecule has 1 amide bonds. The lowest BCUT2D eigenvalue weighted by Crippen LogP contribution is -2.21. The van der Waals surface area contributed by atoms with E-state index in [1.165, 1.54) is 6.20 Å². The Morgan fingerprint density at radius 2 is 1.78 bits per heavy atom. The van der Waals surface area contributed by atoms with Crippen LogP contribution < -0.4 is 5.73 Å². The number of carbonyl (C=O) groups is 2. The molecule has 0 atom stereocenters. The van der Waals surface area contributed by atoms with Gasteiger partial charge in [0.1, 0.15) is 5.69 Å². The number of hydrogen-bond donors (Lipinski definition) is 2. The first-order valence-electron chi connectivity index (χ1n) is 5.79. The highest BCUT2D eigenvalue weighted by Crippen LogP contribution is 2.19. The molecular formula is C13H9ClF3N3O3. The minimum Gasteiger partial charge on any atom is -0.475 e. The standard InChI is InChI=1S/C11H8ClN3O.C2HF3O2/c12-7-3-4-9(15-6-7)10-8(11(13)16)2-1-5-14-10;3-2(4,5)1(6)7/h1-6H,(H2,13,16);(H,6,7). The lowest BCUT2D eigenvalue weighted by Gasteiger charge is -2.04. The third kappa shape index (κ3) is 5.55. The summed E-state index contributed by atoms with van der Waals surface area (Å²) in [5.74, 6) is -3.28. The van der Waals surface area contributed by atoms with Gasteiger partial charge in [-0.2, -0.15) is 13.2 Å². The number of rotatable bonds is 2. The first-order chi connectivity index (χ1) is 10.6. The largest absolute Gasteiger partial charge is 0.490 e. The molecule has 23 heavy (non-hydrogen) atoms. The Bertz CT molecular complexity index is 706. The van der Waals surface area contributed by atoms with Crippen molar-refractivity contribution in [3.63, 3.8) is 0 Å². The van der Waals surface area contributed by atoms with Crippen molar-refractivity contribution < 1.29 is 27.9 Å². The van der Waals surface area contributed by atoms with Crippen molar-refractivity contribution in [2.24, 2.45) is 5.73 Å². The number of carbonyl (C=O) groups excluding carboxylic acids is 1. The summed E-state index contributed by atoms with van der Waals surface area (Å²) in [5.41, 5.74) is 6.63. The van der Waals surface area contributed by atoms with Crippen molar-refractivity contribution in [3.05, 3.63) is 47.2 Å². The maximum absolute atomic E-state index is 11.2. The molecule has 0 unspecified atom stereocenters. The summed E-state index contributed by atoms with van der Waals surface area (Å²) in [7, 11) is 0. The summed E-state index contributed by atoms with van der Waals surface area (Å²) < 4.78 is 31.7. The Morgan fingerprint density at radius 1 is 1.17 bits per heavy atom. The monoisotopic (exact) mass is 347 g/mol. The van der Waals surface area contributed by atoms with Gasteiger partial charge in [-0.05, 0) is 24.3 Å². The molecule has 0 saturated carbocycles. The zero-order valence-electron chi connectivity index (χ0n) is 11.2. The number of nitrogens with two attached hydrogens (primary N) is 1. The highest BCUT2D eigenvalue weighted by atomic mass is 35.5. The van der Waals surface area contributed by atoms with Crippen molar-refractivity contribution in [2.75, 3.05) is 0 Å². The molecule has 0 saturated heterocycles. The van der Waals surface area contributed by atoms with Crippen molar-refractivity contribution in [1.29, 1.82) is 0 Å². The van der Waals surface area contributed by atoms with Crippen LogP contribution >= 0.6 is 11.6 Å². The average Bonchev–Trinajstić information content (AvgIpc) is 2.47. The molecule has 0 aliphatic carbocycles. The van der Waals surface area contributed by atoms with Crippen LogP contribution in [0.5, 0.6) is 0 Å². The van der Waals surface area contributed by atoms with Crippen LogP contribution in [-0.4, -0.2) is 33.1 Å². The van der Waals surface area contributed by atoms with E-state index in [4.69, 9.17) is 27.2 Å². The van der Waals surface area contributed by atoms with Crippen LogP contribution in [0, 0.1) is 0 Å². The number of nitrogens with zero attached hydrogens (tertiary/aromatic N) is 2. The number of aliphatic carboxylic acids is 1. The van der Waals surface area contributed by atoms with E-state index in [1.807, 2.05) is 0 Å². The molecule has 0 radical (unpaired) electrons. The Labute approximate surface area is 132 Å². The van der Waals surface area contributed by atoms with Gasteiger partial charge in [-0.15, -0.1) is 0 Å². The molecule has 0 spiro atoms. The molecule has 0 aliphatic rings. The van der Waals surface area contributed by atoms with Crippen LogP contribution in [0.3, 0.4) is 0 Å². The molecule has 122 valence electrons. The summed E-state index contributed by atoms with van der Waals surface area (Å²) in [4.78, 5) is 28.3. The minimum atomic E-state index is -5.08. The molecular weight excluding hydrogens is 339 g/mol. The highest BCUT2D eigenvalue weighted by Gasteiger charge is 2.38. The zero-order valence-corrected chi connectivity index (χ0v) is 12.0. The molecule has 0 bridgehead atoms. The summed E-state index contributed by atoms with van der Waals surface area (Å²) >= 11 is 5.73. The molecule has 2 aromatic heterocycles. The molecule has 0 fully saturated rings. The number of pyridine rings is 2. The van der Waals surface area contributed by atoms with E-state index in [2.05, 4.69) is 9.97 Å². The van der Waals surface area contributed by atoms with Crippen LogP contribution in [-0.2, 0) is 4.79 Å². The average molecular weight is 348 g/mol. The normalized spacial score (nSPS) is 10.4. The molecule has 2 rings (SSSR count). The SMILES string of the molecule is NC(=O)c1cccnc1-c1ccc(Cl)cn1.O=C(O)C(F)(F)F. The smallest absolute Gasteiger partial charge is 0.475 e. The molecule has 2 heterocycles. The number of halogens is 4. The fourth-order valence-electron chi connectivity index (χ4n) is 1.32. The first kappa shape index (κ1) is 18.4. The fraction of sp³-hybridized carbons (Fsp3) is 0.0769. The van der Waals surface area contributed by atoms with E-state index in [0.29, 0.717) is 22.0 Å². The predicted octanol–water partition coefficient (Wildman–Crippen LogP) is 2.53. The number of aromatic nitrogens is 2. The van der Waals surface area contributed by atoms with Gasteiger partial charge < -0.3 is 10.8 Å². The van der Waals surface area contributed by atoms with Gasteiger partial charge in [-0.3, -0.25) is 14.8 Å². The van der Waals surface area contributed by atoms with Crippen LogP contribution in [0.1, 0.15) is 10.4 Å². The van der Waals surface area contributed by atoms with Gasteiger partial charge in [0.2, 0.25) is 0 Å². The van der Waals surface area contributed by atoms with Gasteiger partial charge in [-0.1, -0.05) is 11.6 Å². The van der Waals surface area contributed by atoms with Crippen LogP contribution in [0.4, 0.5) is 13.2 Å². The van der Waals surface area contributed by atoms with E-state index in [1.54, 1.807) is 30.5 Å². The third-order valence-electron chi connectivity index (χ3n) is 2.29. The van der Waals surface area contributed by atoms with Gasteiger partial charge in [0.05, 0.1) is 16.3 Å². The van der Waals surface area contributed by atoms with E-state index < -0.39 is 18.1 Å². The van der Waals surface area contributed by atoms with Gasteiger partial charge in [0, 0.05) is 12.4 Å². The van der Waals surface area contributed by atoms with Gasteiger partial charge in [-0.25, -0.2) is 4.79 Å². The Morgan fingerprint density at radius 3 is 2.22 bits per heavy atom. The van der Waals surface area contributed by atoms with Crippen molar-refractivity contribution in [2.45, 2.75) is 6.18 Å². The predicted molar refractivity (Wildman–Crippen MR) is 74.7 cm³/mol. The topological polar surface area (TPSA) is 106 Å². The van der Waals surface area contributed by atoms with Crippen LogP contribution in [0.25, 0.3) is 11.4 Å². The van der Waals surface area contributed by atoms with Crippen molar-refractivity contribution >= 4 is 23.5 Å². The second-order valence-electron chi connectivity index (χ2n) is 3.93. The van der Waals surface area contributed by atoms with Gasteiger partial charge >= 0.3 is 12.1 Å². The highest BCUT2D eigenvalue weighted by molar-refractivity contribution is 6.30. The number of hydrogen-bond acceptors (Lipinski definition) is 4. The number of primary amides is 1. The first-order valence-corrected chi connectivity index (χ1v) is 6.17. The van der Waals surface area contributed by atoms with Gasteiger partial charge in [0.15, 0.2) is 0 Å². The Hall–Kier alpha value is -2.68. The zero-order chi connectivity index (χ0) is 17.6. The Kier molecular flexibility index (Phi) is 6.02. The third-order valence-corrected chi connectivity index (χ3v) is 2.51. The summed E-state index contributed by atoms with van der Waals surface area (Å²) in [6.45, 7) is 0. The molecule has 10 heteroatoms. The summed E-state index contributed by atoms with van der Waals surface area (Å²) in [6, 6.07) is 6.64. The summed E-state index contributed by atoms with van der Waals surface area (Å²) in [6.07, 6.45) is -2.01. The molecule has 2 aromatic rings. The summed E-state index contributed by atoms with van der Waals surface area (Å²) in [5, 5.41) is 7.65. The van der Waals surface area contributed by atoms with E-state index >= 15 is 0 Å². The van der Waals surface area contributed by atoms with E-state index in [0.717, 1.165) is 0 Å². The van der Waals surface area contributed by atoms with E-state index in [9.17, 15) is 18.0 Å². The second-order valence-corrected chi connectivity index (χ2v) is 4.36. The maximum Gasteiger partial charge on any atom is 0.490 e. The van der Waals surface area contributed by atoms with Crippen LogP contribution in [0.2, 0.25) is 5.02 Å². The molecule has 0 aromatic carbocycles. The van der Waals surface area contributed by atoms with E-state index in [-0.39, 0.29) is 0 Å². The minimum absolute atomic E-state index is 0.345. The number of carboxylic acids is 1. The lowest BCUT2D eigenvalue weighted by atomic mass is 10.1. The van der Waals surface area contributed by atoms with Gasteiger partial charge in [0.25, 0.3) is 5.91 Å². The number of amides is 1. The van der Waals surface area contributed by atoms with Crippen LogP contribution in [0.15, 0.2) is 36.7 Å². The fourth-order valence-corrected chi connectivity index (χ4v) is 1.44. The van der Waals surface area contributed by atoms with Crippen molar-refractivity contribution in [1.82, 2.24) is 9.97 Å². The Balaban J connectivity index is 0.000000322. The second kappa shape index (κ2) is 7.54. The maximum atomic E-state index is 11.2. The number of alkyl halides is 3. The quantitative estimate of drug-likeness (QED) is 0.868. The molecule has 0 aliphatic heterocycles. The molecule has 6 nitrogen and oxygen atoms in total. The molecule has 3 N–H and O–H groups in total. The van der Waals surface area contributed by atoms with Crippen molar-refractivity contribution in [3.8, 4) is 11.4 Å². The lowest BCUT2D eigenvalue weighted by molar-refractivity contribution is -0.192. The number of carboxylic acid groups (broad SMARTS) is 1.